The summed E-state index contributed by atoms with van der Waals surface area (Å²) in [5, 5.41) is 2.79. The van der Waals surface area contributed by atoms with E-state index in [0.717, 1.165) is 62.6 Å². The van der Waals surface area contributed by atoms with Crippen molar-refractivity contribution in [3.05, 3.63) is 169 Å². The molecule has 0 bridgehead atoms. The van der Waals surface area contributed by atoms with Gasteiger partial charge in [0.1, 0.15) is 22.7 Å². The molecule has 1 unspecified atom stereocenters. The molecule has 6 aromatic rings. The number of benzene rings is 4. The van der Waals surface area contributed by atoms with Crippen molar-refractivity contribution in [1.82, 2.24) is 15.0 Å². The highest BCUT2D eigenvalue weighted by Crippen LogP contribution is 2.47. The summed E-state index contributed by atoms with van der Waals surface area (Å²) in [6, 6.07) is 33.0. The minimum Gasteiger partial charge on any atom is -0.459 e. The molecule has 0 saturated heterocycles. The summed E-state index contributed by atoms with van der Waals surface area (Å²) in [4.78, 5) is 15.5. The lowest BCUT2D eigenvalue weighted by atomic mass is 9.73. The quantitative estimate of drug-likeness (QED) is 0.0717. The fraction of sp³-hybridized carbons (Fsp3) is 0.170. The van der Waals surface area contributed by atoms with Crippen LogP contribution in [-0.2, 0) is 4.74 Å². The lowest BCUT2D eigenvalue weighted by Gasteiger charge is -2.31. The number of ether oxygens (including phenoxy) is 1. The van der Waals surface area contributed by atoms with Crippen molar-refractivity contribution in [2.45, 2.75) is 40.0 Å². The predicted octanol–water partition coefficient (Wildman–Crippen LogP) is 13.3. The number of hydrogen-bond donors (Lipinski definition) is 0. The maximum absolute atomic E-state index is 6.28. The molecule has 2 aromatic heterocycles. The molecule has 5 nitrogen and oxygen atoms in total. The molecular weight excluding hydrogens is 674 g/mol. The summed E-state index contributed by atoms with van der Waals surface area (Å²) < 4.78 is 12.1. The Labute approximate surface area is 316 Å². The first-order valence-corrected chi connectivity index (χ1v) is 18.4. The maximum atomic E-state index is 6.28. The van der Waals surface area contributed by atoms with Gasteiger partial charge in [-0.05, 0) is 72.1 Å². The molecule has 0 saturated carbocycles. The smallest absolute Gasteiger partial charge is 0.164 e. The maximum Gasteiger partial charge on any atom is 0.164 e. The molecule has 2 atom stereocenters. The molecular formula is C47H42ClN3O2. The van der Waals surface area contributed by atoms with Crippen molar-refractivity contribution in [3.63, 3.8) is 0 Å². The number of aromatic nitrogens is 3. The Morgan fingerprint density at radius 1 is 0.811 bits per heavy atom. The zero-order valence-corrected chi connectivity index (χ0v) is 31.1. The second-order valence-electron chi connectivity index (χ2n) is 13.6. The van der Waals surface area contributed by atoms with Gasteiger partial charge in [0.05, 0.1) is 0 Å². The lowest BCUT2D eigenvalue weighted by molar-refractivity contribution is 0.330. The molecule has 0 fully saturated rings. The molecule has 2 heterocycles. The second kappa shape index (κ2) is 15.4. The van der Waals surface area contributed by atoms with E-state index in [1.165, 1.54) is 0 Å². The minimum absolute atomic E-state index is 0.0827. The average Bonchev–Trinajstić information content (AvgIpc) is 3.76. The van der Waals surface area contributed by atoms with E-state index in [9.17, 15) is 0 Å². The van der Waals surface area contributed by atoms with E-state index in [1.54, 1.807) is 6.08 Å². The zero-order valence-electron chi connectivity index (χ0n) is 30.4. The Balaban J connectivity index is 1.34. The van der Waals surface area contributed by atoms with E-state index in [-0.39, 0.29) is 11.3 Å². The van der Waals surface area contributed by atoms with Gasteiger partial charge < -0.3 is 9.15 Å². The third-order valence-corrected chi connectivity index (χ3v) is 10.4. The molecule has 1 aliphatic rings. The van der Waals surface area contributed by atoms with Gasteiger partial charge in [-0.15, -0.1) is 0 Å². The van der Waals surface area contributed by atoms with Crippen molar-refractivity contribution in [2.24, 2.45) is 11.3 Å². The van der Waals surface area contributed by atoms with Crippen LogP contribution in [0.15, 0.2) is 168 Å². The normalized spacial score (nSPS) is 17.6. The molecule has 6 heteroatoms. The number of furan rings is 1. The van der Waals surface area contributed by atoms with Crippen LogP contribution in [0.5, 0.6) is 0 Å². The first kappa shape index (κ1) is 35.6. The first-order chi connectivity index (χ1) is 25.7. The van der Waals surface area contributed by atoms with Crippen LogP contribution in [0, 0.1) is 11.3 Å². The standard InChI is InChI=1S/C47H42ClN3O2/c1-6-37(48)29-32(4)52-31(3)15-13-19-40(41-20-14-28-47(41,5)7-2)46-50-44(35-24-22-34(23-25-35)33-16-9-8-10-17-33)49-45(51-46)36-26-27-39-38-18-11-12-21-42(38)53-43(39)30-36/h8-19,21-30,41H,3-4,6-7,20H2,1-2,5H3/b15-13-,37-29+,40-19+/t41-,47?/m0/s1. The van der Waals surface area contributed by atoms with Gasteiger partial charge in [-0.25, -0.2) is 15.0 Å². The van der Waals surface area contributed by atoms with Crippen molar-refractivity contribution in [1.29, 1.82) is 0 Å². The molecule has 53 heavy (non-hydrogen) atoms. The minimum atomic E-state index is -0.0827. The van der Waals surface area contributed by atoms with E-state index < -0.39 is 0 Å². The molecule has 0 radical (unpaired) electrons. The van der Waals surface area contributed by atoms with Crippen LogP contribution >= 0.6 is 11.6 Å². The number of fused-ring (bicyclic) bond motifs is 3. The van der Waals surface area contributed by atoms with Crippen LogP contribution in [0.2, 0.25) is 0 Å². The van der Waals surface area contributed by atoms with E-state index >= 15 is 0 Å². The number of para-hydroxylation sites is 1. The molecule has 0 aliphatic heterocycles. The largest absolute Gasteiger partial charge is 0.459 e. The third kappa shape index (κ3) is 7.72. The first-order valence-electron chi connectivity index (χ1n) is 18.1. The molecule has 0 amide bonds. The third-order valence-electron chi connectivity index (χ3n) is 10.1. The van der Waals surface area contributed by atoms with Crippen LogP contribution in [-0.4, -0.2) is 15.0 Å². The SMILES string of the molecule is C=C(/C=C\C=C(\c1nc(-c2ccc(-c3ccccc3)cc2)nc(-c2ccc3c(c2)oc2ccccc23)n1)[C@@H]1CC=CC1(C)CC)OC(=C)/C=C(/Cl)CC. The van der Waals surface area contributed by atoms with Crippen molar-refractivity contribution in [2.75, 3.05) is 0 Å². The number of halogens is 1. The molecule has 1 aliphatic carbocycles. The van der Waals surface area contributed by atoms with Gasteiger partial charge in [-0.2, -0.15) is 0 Å². The zero-order chi connectivity index (χ0) is 37.0. The van der Waals surface area contributed by atoms with E-state index in [4.69, 9.17) is 35.7 Å². The highest BCUT2D eigenvalue weighted by atomic mass is 35.5. The number of rotatable bonds is 12. The molecule has 0 spiro atoms. The summed E-state index contributed by atoms with van der Waals surface area (Å²) in [7, 11) is 0. The predicted molar refractivity (Wildman–Crippen MR) is 220 cm³/mol. The van der Waals surface area contributed by atoms with Crippen LogP contribution < -0.4 is 0 Å². The summed E-state index contributed by atoms with van der Waals surface area (Å²) in [5.41, 5.74) is 6.57. The van der Waals surface area contributed by atoms with Crippen molar-refractivity contribution >= 4 is 39.1 Å². The van der Waals surface area contributed by atoms with Crippen LogP contribution in [0.1, 0.15) is 45.9 Å². The fourth-order valence-electron chi connectivity index (χ4n) is 6.89. The average molecular weight is 716 g/mol. The number of nitrogens with zero attached hydrogens (tertiary/aromatic N) is 3. The highest BCUT2D eigenvalue weighted by Gasteiger charge is 2.37. The summed E-state index contributed by atoms with van der Waals surface area (Å²) in [6.07, 6.45) is 14.7. The Morgan fingerprint density at radius 3 is 2.23 bits per heavy atom. The monoisotopic (exact) mass is 715 g/mol. The Hall–Kier alpha value is -5.78. The second-order valence-corrected chi connectivity index (χ2v) is 14.1. The van der Waals surface area contributed by atoms with E-state index in [0.29, 0.717) is 40.4 Å². The topological polar surface area (TPSA) is 61.0 Å². The fourth-order valence-corrected chi connectivity index (χ4v) is 7.01. The van der Waals surface area contributed by atoms with Crippen LogP contribution in [0.25, 0.3) is 61.4 Å². The van der Waals surface area contributed by atoms with Gasteiger partial charge in [0, 0.05) is 32.5 Å². The number of allylic oxidation sites excluding steroid dienone is 8. The Morgan fingerprint density at radius 2 is 1.47 bits per heavy atom. The van der Waals surface area contributed by atoms with E-state index in [2.05, 4.69) is 99.8 Å². The van der Waals surface area contributed by atoms with Crippen molar-refractivity contribution in [3.8, 4) is 33.9 Å². The van der Waals surface area contributed by atoms with Crippen LogP contribution in [0.4, 0.5) is 0 Å². The van der Waals surface area contributed by atoms with Gasteiger partial charge in [0.2, 0.25) is 0 Å². The van der Waals surface area contributed by atoms with Gasteiger partial charge in [-0.3, -0.25) is 0 Å². The van der Waals surface area contributed by atoms with Gasteiger partial charge in [-0.1, -0.05) is 149 Å². The van der Waals surface area contributed by atoms with Crippen molar-refractivity contribution < 1.29 is 9.15 Å². The molecule has 4 aromatic carbocycles. The van der Waals surface area contributed by atoms with Gasteiger partial charge >= 0.3 is 0 Å². The van der Waals surface area contributed by atoms with Gasteiger partial charge in [0.25, 0.3) is 0 Å². The van der Waals surface area contributed by atoms with Crippen LogP contribution in [0.3, 0.4) is 0 Å². The van der Waals surface area contributed by atoms with E-state index in [1.807, 2.05) is 61.5 Å². The number of hydrogen-bond acceptors (Lipinski definition) is 5. The summed E-state index contributed by atoms with van der Waals surface area (Å²) >= 11 is 6.20. The lowest BCUT2D eigenvalue weighted by Crippen LogP contribution is -2.23. The summed E-state index contributed by atoms with van der Waals surface area (Å²) in [5.74, 6) is 2.79. The summed E-state index contributed by atoms with van der Waals surface area (Å²) in [6.45, 7) is 14.6. The molecule has 264 valence electrons. The highest BCUT2D eigenvalue weighted by molar-refractivity contribution is 6.29. The van der Waals surface area contributed by atoms with Gasteiger partial charge in [0.15, 0.2) is 17.5 Å². The molecule has 0 N–H and O–H groups in total. The Bertz CT molecular complexity index is 2440. The molecule has 7 rings (SSSR count). The Kier molecular flexibility index (Phi) is 10.4.